The SMILES string of the molecule is CC1(C)C2=C(C=CCC2)c2cccc(-c3cccc(N(c4ccc5c(c4)C(C)(C)c4ccccc4-5)c4ccccc4-c4ccccc4-c4ccccc4-c4ccccc4)c3)c21. The minimum atomic E-state index is -0.139. The van der Waals surface area contributed by atoms with E-state index in [1.54, 1.807) is 5.57 Å². The highest BCUT2D eigenvalue weighted by molar-refractivity contribution is 5.98. The van der Waals surface area contributed by atoms with Crippen molar-refractivity contribution in [2.24, 2.45) is 0 Å². The Labute approximate surface area is 361 Å². The molecule has 0 saturated heterocycles. The van der Waals surface area contributed by atoms with E-state index in [0.29, 0.717) is 0 Å². The molecule has 0 fully saturated rings. The van der Waals surface area contributed by atoms with Gasteiger partial charge in [-0.1, -0.05) is 203 Å². The van der Waals surface area contributed by atoms with Crippen LogP contribution in [0.1, 0.15) is 62.8 Å². The van der Waals surface area contributed by atoms with E-state index in [9.17, 15) is 0 Å². The Hall–Kier alpha value is -6.96. The van der Waals surface area contributed by atoms with Crippen LogP contribution in [0.4, 0.5) is 17.1 Å². The number of fused-ring (bicyclic) bond motifs is 5. The first-order chi connectivity index (χ1) is 29.8. The Bertz CT molecular complexity index is 3080. The smallest absolute Gasteiger partial charge is 0.0540 e. The zero-order valence-electron chi connectivity index (χ0n) is 35.4. The fourth-order valence-corrected chi connectivity index (χ4v) is 10.9. The summed E-state index contributed by atoms with van der Waals surface area (Å²) < 4.78 is 0. The minimum Gasteiger partial charge on any atom is -0.310 e. The molecule has 61 heavy (non-hydrogen) atoms. The van der Waals surface area contributed by atoms with E-state index in [1.807, 2.05) is 0 Å². The summed E-state index contributed by atoms with van der Waals surface area (Å²) in [5.41, 5.74) is 24.2. The Morgan fingerprint density at radius 1 is 0.393 bits per heavy atom. The van der Waals surface area contributed by atoms with E-state index in [1.165, 1.54) is 83.5 Å². The highest BCUT2D eigenvalue weighted by Crippen LogP contribution is 2.55. The number of nitrogens with zero attached hydrogens (tertiary/aromatic N) is 1. The Balaban J connectivity index is 1.12. The third-order valence-corrected chi connectivity index (χ3v) is 13.8. The van der Waals surface area contributed by atoms with Crippen molar-refractivity contribution < 1.29 is 0 Å². The van der Waals surface area contributed by atoms with Gasteiger partial charge in [-0.05, 0) is 121 Å². The summed E-state index contributed by atoms with van der Waals surface area (Å²) in [6.07, 6.45) is 6.95. The summed E-state index contributed by atoms with van der Waals surface area (Å²) in [4.78, 5) is 2.51. The normalized spacial score (nSPS) is 15.2. The van der Waals surface area contributed by atoms with Gasteiger partial charge in [0.25, 0.3) is 0 Å². The van der Waals surface area contributed by atoms with Crippen molar-refractivity contribution in [3.8, 4) is 55.6 Å². The van der Waals surface area contributed by atoms with Gasteiger partial charge in [0.05, 0.1) is 5.69 Å². The summed E-state index contributed by atoms with van der Waals surface area (Å²) >= 11 is 0. The molecule has 0 radical (unpaired) electrons. The maximum absolute atomic E-state index is 2.51. The van der Waals surface area contributed by atoms with Crippen LogP contribution >= 0.6 is 0 Å². The quantitative estimate of drug-likeness (QED) is 0.156. The predicted molar refractivity (Wildman–Crippen MR) is 259 cm³/mol. The maximum Gasteiger partial charge on any atom is 0.0540 e. The molecule has 0 heterocycles. The molecule has 0 unspecified atom stereocenters. The molecule has 0 amide bonds. The molecule has 8 aromatic rings. The van der Waals surface area contributed by atoms with Crippen molar-refractivity contribution in [1.29, 1.82) is 0 Å². The van der Waals surface area contributed by atoms with Crippen LogP contribution in [0.25, 0.3) is 61.2 Å². The summed E-state index contributed by atoms with van der Waals surface area (Å²) in [5.74, 6) is 0. The first-order valence-electron chi connectivity index (χ1n) is 21.8. The molecule has 0 bridgehead atoms. The van der Waals surface area contributed by atoms with Crippen LogP contribution in [0.5, 0.6) is 0 Å². The first kappa shape index (κ1) is 37.1. The summed E-state index contributed by atoms with van der Waals surface area (Å²) in [5, 5.41) is 0. The van der Waals surface area contributed by atoms with Crippen molar-refractivity contribution in [2.45, 2.75) is 51.4 Å². The molecule has 0 atom stereocenters. The van der Waals surface area contributed by atoms with Gasteiger partial charge in [-0.15, -0.1) is 0 Å². The van der Waals surface area contributed by atoms with Crippen molar-refractivity contribution in [1.82, 2.24) is 0 Å². The molecular formula is C60H49N. The number of anilines is 3. The Morgan fingerprint density at radius 2 is 0.951 bits per heavy atom. The van der Waals surface area contributed by atoms with Crippen molar-refractivity contribution in [3.63, 3.8) is 0 Å². The average molecular weight is 784 g/mol. The Kier molecular flexibility index (Phi) is 8.72. The number of hydrogen-bond acceptors (Lipinski definition) is 1. The lowest BCUT2D eigenvalue weighted by Gasteiger charge is -2.31. The van der Waals surface area contributed by atoms with Gasteiger partial charge in [0.15, 0.2) is 0 Å². The topological polar surface area (TPSA) is 3.24 Å². The number of rotatable bonds is 7. The van der Waals surface area contributed by atoms with Crippen LogP contribution in [0, 0.1) is 0 Å². The van der Waals surface area contributed by atoms with Crippen LogP contribution < -0.4 is 4.90 Å². The van der Waals surface area contributed by atoms with Crippen LogP contribution in [0.15, 0.2) is 206 Å². The van der Waals surface area contributed by atoms with Gasteiger partial charge in [0.2, 0.25) is 0 Å². The van der Waals surface area contributed by atoms with Gasteiger partial charge >= 0.3 is 0 Å². The molecule has 1 heteroatoms. The molecule has 3 aliphatic carbocycles. The lowest BCUT2D eigenvalue weighted by Crippen LogP contribution is -2.19. The van der Waals surface area contributed by atoms with Gasteiger partial charge in [-0.2, -0.15) is 0 Å². The fraction of sp³-hybridized carbons (Fsp3) is 0.133. The molecule has 3 aliphatic rings. The second-order valence-corrected chi connectivity index (χ2v) is 17.9. The van der Waals surface area contributed by atoms with Gasteiger partial charge in [-0.25, -0.2) is 0 Å². The second kappa shape index (κ2) is 14.4. The van der Waals surface area contributed by atoms with Crippen LogP contribution in [-0.4, -0.2) is 0 Å². The highest BCUT2D eigenvalue weighted by atomic mass is 15.1. The van der Waals surface area contributed by atoms with Crippen molar-refractivity contribution in [2.75, 3.05) is 4.90 Å². The zero-order valence-corrected chi connectivity index (χ0v) is 35.4. The van der Waals surface area contributed by atoms with Crippen molar-refractivity contribution >= 4 is 22.6 Å². The molecule has 0 aromatic heterocycles. The molecule has 0 saturated carbocycles. The first-order valence-corrected chi connectivity index (χ1v) is 21.8. The van der Waals surface area contributed by atoms with E-state index in [2.05, 4.69) is 233 Å². The second-order valence-electron chi connectivity index (χ2n) is 17.9. The van der Waals surface area contributed by atoms with E-state index in [0.717, 1.165) is 29.9 Å². The van der Waals surface area contributed by atoms with Crippen LogP contribution in [-0.2, 0) is 10.8 Å². The molecular weight excluding hydrogens is 735 g/mol. The summed E-state index contributed by atoms with van der Waals surface area (Å²) in [7, 11) is 0. The third-order valence-electron chi connectivity index (χ3n) is 13.8. The lowest BCUT2D eigenvalue weighted by molar-refractivity contribution is 0.609. The monoisotopic (exact) mass is 783 g/mol. The molecule has 1 nitrogen and oxygen atoms in total. The van der Waals surface area contributed by atoms with Gasteiger partial charge < -0.3 is 4.90 Å². The van der Waals surface area contributed by atoms with Crippen LogP contribution in [0.2, 0.25) is 0 Å². The Morgan fingerprint density at radius 3 is 1.74 bits per heavy atom. The molecule has 0 spiro atoms. The fourth-order valence-electron chi connectivity index (χ4n) is 10.9. The van der Waals surface area contributed by atoms with Crippen LogP contribution in [0.3, 0.4) is 0 Å². The molecule has 11 rings (SSSR count). The molecule has 294 valence electrons. The zero-order chi connectivity index (χ0) is 41.3. The highest BCUT2D eigenvalue weighted by Gasteiger charge is 2.39. The summed E-state index contributed by atoms with van der Waals surface area (Å²) in [6, 6.07) is 69.9. The molecule has 8 aromatic carbocycles. The van der Waals surface area contributed by atoms with E-state index in [4.69, 9.17) is 0 Å². The van der Waals surface area contributed by atoms with E-state index in [-0.39, 0.29) is 10.8 Å². The molecule has 0 N–H and O–H groups in total. The minimum absolute atomic E-state index is 0.0470. The van der Waals surface area contributed by atoms with Crippen molar-refractivity contribution in [3.05, 3.63) is 228 Å². The third kappa shape index (κ3) is 5.90. The average Bonchev–Trinajstić information content (AvgIpc) is 3.69. The predicted octanol–water partition coefficient (Wildman–Crippen LogP) is 16.5. The van der Waals surface area contributed by atoms with Gasteiger partial charge in [-0.3, -0.25) is 0 Å². The van der Waals surface area contributed by atoms with E-state index >= 15 is 0 Å². The number of benzene rings is 8. The summed E-state index contributed by atoms with van der Waals surface area (Å²) in [6.45, 7) is 9.62. The lowest BCUT2D eigenvalue weighted by atomic mass is 9.76. The maximum atomic E-state index is 2.51. The number of allylic oxidation sites excluding steroid dienone is 4. The number of hydrogen-bond donors (Lipinski definition) is 0. The standard InChI is InChI=1S/C60H49N/c1-59(2)54-33-15-12-28-49(54)51-37-36-43(39-56(51)59)61(42-23-18-22-41(38-42)45-31-19-32-53-50-29-13-16-34-55(50)60(3,4)58(45)53)57-35-17-14-30-52(57)48-27-11-10-26-47(48)46-25-9-8-24-44(46)40-20-6-5-7-21-40/h5-15,17-33,35-39H,16,34H2,1-4H3. The number of para-hydroxylation sites is 1. The van der Waals surface area contributed by atoms with E-state index < -0.39 is 0 Å². The largest absolute Gasteiger partial charge is 0.310 e. The van der Waals surface area contributed by atoms with Gasteiger partial charge in [0.1, 0.15) is 0 Å². The molecule has 0 aliphatic heterocycles. The van der Waals surface area contributed by atoms with Gasteiger partial charge in [0, 0.05) is 27.8 Å².